The highest BCUT2D eigenvalue weighted by Crippen LogP contribution is 2.50. The maximum Gasteiger partial charge on any atom is 0.356 e. The average Bonchev–Trinajstić information content (AvgIpc) is 3.08. The van der Waals surface area contributed by atoms with Crippen LogP contribution in [-0.2, 0) is 14.3 Å². The van der Waals surface area contributed by atoms with Crippen molar-refractivity contribution in [2.45, 2.75) is 26.3 Å². The third-order valence-corrected chi connectivity index (χ3v) is 12.8. The molecule has 2 atom stereocenters. The van der Waals surface area contributed by atoms with Crippen LogP contribution in [0.3, 0.4) is 0 Å². The summed E-state index contributed by atoms with van der Waals surface area (Å²) in [6.45, 7) is 4.56. The number of Topliss-reactive ketones (excluding diaryl/α,β-unsaturated/α-hetero) is 1. The molecule has 8 heteroatoms. The summed E-state index contributed by atoms with van der Waals surface area (Å²) in [5.41, 5.74) is 7.14. The van der Waals surface area contributed by atoms with Crippen molar-refractivity contribution in [1.82, 2.24) is 4.90 Å². The molecule has 1 saturated heterocycles. The Hall–Kier alpha value is -4.58. The zero-order valence-electron chi connectivity index (χ0n) is 25.9. The summed E-state index contributed by atoms with van der Waals surface area (Å²) in [6.07, 6.45) is 1.51. The summed E-state index contributed by atoms with van der Waals surface area (Å²) in [5.74, 6) is -1.55. The molecular weight excluding hydrogens is 611 g/mol. The molecule has 1 aliphatic heterocycles. The Kier molecular flexibility index (Phi) is 10.2. The van der Waals surface area contributed by atoms with Gasteiger partial charge in [0, 0.05) is 24.4 Å². The molecule has 2 unspecified atom stereocenters. The number of β-lactam (4-membered cyclic amide) rings is 1. The summed E-state index contributed by atoms with van der Waals surface area (Å²) in [5, 5.41) is 2.65. The number of benzene rings is 4. The minimum atomic E-state index is -3.08. The first kappa shape index (κ1) is 32.8. The standard InChI is InChI=1S/C38H37N2O4PS/c1-4-23-44-38(43)37(40-32(34(26(2)3)36(40)42)25-33(41)27-15-14-16-28(24-27)35(39)46)45(29-17-8-5-9-18-29,30-19-10-6-11-20-30)31-21-12-7-13-22-31/h4-22,24,26,32,34H,1,23,25H2,2-3H3,(H2,39,46). The molecular formula is C38H37N2O4PS. The number of ether oxygens (including phenoxy) is 1. The molecule has 2 N–H and O–H groups in total. The second-order valence-corrected chi connectivity index (χ2v) is 15.3. The highest BCUT2D eigenvalue weighted by Gasteiger charge is 2.55. The van der Waals surface area contributed by atoms with E-state index in [0.29, 0.717) is 11.1 Å². The second kappa shape index (κ2) is 14.2. The van der Waals surface area contributed by atoms with E-state index in [0.717, 1.165) is 15.9 Å². The Balaban J connectivity index is 1.83. The molecule has 0 bridgehead atoms. The van der Waals surface area contributed by atoms with Gasteiger partial charge in [-0.1, -0.05) is 148 Å². The van der Waals surface area contributed by atoms with E-state index in [-0.39, 0.29) is 41.0 Å². The molecule has 1 heterocycles. The van der Waals surface area contributed by atoms with Crippen molar-refractivity contribution in [3.63, 3.8) is 0 Å². The van der Waals surface area contributed by atoms with Gasteiger partial charge in [-0.05, 0) is 27.9 Å². The van der Waals surface area contributed by atoms with E-state index in [1.54, 1.807) is 29.2 Å². The number of likely N-dealkylation sites (tertiary alicyclic amines) is 1. The average molecular weight is 649 g/mol. The highest BCUT2D eigenvalue weighted by atomic mass is 32.1. The summed E-state index contributed by atoms with van der Waals surface area (Å²) in [4.78, 5) is 44.6. The molecule has 5 rings (SSSR count). The minimum absolute atomic E-state index is 0.00593. The van der Waals surface area contributed by atoms with E-state index in [2.05, 4.69) is 6.58 Å². The fraction of sp³-hybridized carbons (Fsp3) is 0.184. The summed E-state index contributed by atoms with van der Waals surface area (Å²) in [6, 6.07) is 35.7. The van der Waals surface area contributed by atoms with E-state index in [1.807, 2.05) is 105 Å². The largest absolute Gasteiger partial charge is 0.457 e. The van der Waals surface area contributed by atoms with Crippen LogP contribution >= 0.6 is 19.1 Å². The van der Waals surface area contributed by atoms with Gasteiger partial charge < -0.3 is 15.4 Å². The van der Waals surface area contributed by atoms with Crippen molar-refractivity contribution in [3.05, 3.63) is 139 Å². The molecule has 4 aromatic rings. The van der Waals surface area contributed by atoms with Gasteiger partial charge in [0.05, 0.1) is 12.0 Å². The van der Waals surface area contributed by atoms with Gasteiger partial charge in [-0.25, -0.2) is 4.79 Å². The van der Waals surface area contributed by atoms with E-state index in [1.165, 1.54) is 6.08 Å². The molecule has 0 aromatic heterocycles. The van der Waals surface area contributed by atoms with Crippen molar-refractivity contribution >= 4 is 63.1 Å². The van der Waals surface area contributed by atoms with Crippen molar-refractivity contribution < 1.29 is 19.1 Å². The maximum absolute atomic E-state index is 14.6. The SMILES string of the molecule is C=CCOC(=O)C(N1C(=O)C(C(C)C)C1CC(=O)c1cccc(C(N)=S)c1)=P(c1ccccc1)(c1ccccc1)c1ccccc1. The number of hydrogen-bond donors (Lipinski definition) is 1. The van der Waals surface area contributed by atoms with Crippen LogP contribution < -0.4 is 21.6 Å². The fourth-order valence-corrected chi connectivity index (χ4v) is 10.8. The third-order valence-electron chi connectivity index (χ3n) is 8.34. The predicted molar refractivity (Wildman–Crippen MR) is 192 cm³/mol. The maximum atomic E-state index is 14.6. The van der Waals surface area contributed by atoms with E-state index < -0.39 is 24.8 Å². The fourth-order valence-electron chi connectivity index (χ4n) is 6.29. The number of ketones is 1. The van der Waals surface area contributed by atoms with Crippen LogP contribution in [0.25, 0.3) is 0 Å². The van der Waals surface area contributed by atoms with E-state index in [4.69, 9.17) is 22.7 Å². The Bertz CT molecular complexity index is 1720. The summed E-state index contributed by atoms with van der Waals surface area (Å²) < 4.78 is 5.83. The number of carbonyl (C=O) groups excluding carboxylic acids is 3. The van der Waals surface area contributed by atoms with Gasteiger partial charge >= 0.3 is 5.97 Å². The second-order valence-electron chi connectivity index (χ2n) is 11.5. The molecule has 4 aromatic carbocycles. The zero-order valence-corrected chi connectivity index (χ0v) is 27.6. The number of hydrogen-bond acceptors (Lipinski definition) is 5. The molecule has 0 aliphatic carbocycles. The van der Waals surface area contributed by atoms with E-state index in [9.17, 15) is 14.4 Å². The van der Waals surface area contributed by atoms with Gasteiger partial charge in [0.25, 0.3) is 0 Å². The van der Waals surface area contributed by atoms with Crippen molar-refractivity contribution in [1.29, 1.82) is 0 Å². The van der Waals surface area contributed by atoms with Gasteiger partial charge in [-0.2, -0.15) is 0 Å². The van der Waals surface area contributed by atoms with Gasteiger partial charge in [0.1, 0.15) is 17.0 Å². The van der Waals surface area contributed by atoms with Crippen LogP contribution in [0, 0.1) is 11.8 Å². The van der Waals surface area contributed by atoms with Gasteiger partial charge in [-0.15, -0.1) is 0 Å². The summed E-state index contributed by atoms with van der Waals surface area (Å²) in [7, 11) is 0. The lowest BCUT2D eigenvalue weighted by Crippen LogP contribution is -2.67. The highest BCUT2D eigenvalue weighted by molar-refractivity contribution is 7.96. The first-order chi connectivity index (χ1) is 22.2. The first-order valence-electron chi connectivity index (χ1n) is 15.2. The van der Waals surface area contributed by atoms with Crippen LogP contribution in [0.5, 0.6) is 0 Å². The van der Waals surface area contributed by atoms with Crippen LogP contribution in [0.4, 0.5) is 0 Å². The van der Waals surface area contributed by atoms with Crippen LogP contribution in [0.2, 0.25) is 0 Å². The monoisotopic (exact) mass is 648 g/mol. The quantitative estimate of drug-likeness (QED) is 0.0566. The van der Waals surface area contributed by atoms with E-state index >= 15 is 0 Å². The zero-order chi connectivity index (χ0) is 32.8. The number of amides is 1. The Morgan fingerprint density at radius 2 is 1.37 bits per heavy atom. The number of thiocarbonyl (C=S) groups is 1. The lowest BCUT2D eigenvalue weighted by Gasteiger charge is -2.51. The Morgan fingerprint density at radius 1 is 0.870 bits per heavy atom. The lowest BCUT2D eigenvalue weighted by molar-refractivity contribution is -0.153. The van der Waals surface area contributed by atoms with Crippen LogP contribution in [-0.4, -0.2) is 45.6 Å². The normalized spacial score (nSPS) is 16.0. The molecule has 0 spiro atoms. The molecule has 1 amide bonds. The topological polar surface area (TPSA) is 89.7 Å². The minimum Gasteiger partial charge on any atom is -0.457 e. The molecule has 46 heavy (non-hydrogen) atoms. The molecule has 234 valence electrons. The third kappa shape index (κ3) is 6.13. The van der Waals surface area contributed by atoms with Gasteiger partial charge in [0.15, 0.2) is 5.78 Å². The first-order valence-corrected chi connectivity index (χ1v) is 17.4. The summed E-state index contributed by atoms with van der Waals surface area (Å²) >= 11 is 5.15. The number of nitrogens with two attached hydrogens (primary N) is 1. The number of rotatable bonds is 12. The van der Waals surface area contributed by atoms with Crippen LogP contribution in [0.1, 0.15) is 36.2 Å². The van der Waals surface area contributed by atoms with Gasteiger partial charge in [-0.3, -0.25) is 9.59 Å². The molecule has 1 fully saturated rings. The predicted octanol–water partition coefficient (Wildman–Crippen LogP) is 5.23. The Morgan fingerprint density at radius 3 is 1.83 bits per heavy atom. The molecule has 1 aliphatic rings. The van der Waals surface area contributed by atoms with Crippen LogP contribution in [0.15, 0.2) is 128 Å². The Labute approximate surface area is 275 Å². The van der Waals surface area contributed by atoms with Crippen molar-refractivity contribution in [2.75, 3.05) is 6.61 Å². The van der Waals surface area contributed by atoms with Crippen molar-refractivity contribution in [3.8, 4) is 0 Å². The molecule has 0 radical (unpaired) electrons. The number of esters is 1. The number of carbonyl (C=O) groups is 3. The molecule has 6 nitrogen and oxygen atoms in total. The lowest BCUT2D eigenvalue weighted by atomic mass is 9.76. The number of nitrogens with zero attached hydrogens (tertiary/aromatic N) is 1. The smallest absolute Gasteiger partial charge is 0.356 e. The van der Waals surface area contributed by atoms with Gasteiger partial charge in [0.2, 0.25) is 5.91 Å². The molecule has 0 saturated carbocycles. The van der Waals surface area contributed by atoms with Crippen molar-refractivity contribution in [2.24, 2.45) is 17.6 Å².